The van der Waals surface area contributed by atoms with Gasteiger partial charge in [0.1, 0.15) is 5.58 Å². The van der Waals surface area contributed by atoms with Crippen molar-refractivity contribution in [2.45, 2.75) is 19.4 Å². The molecule has 0 aliphatic carbocycles. The Morgan fingerprint density at radius 2 is 2.03 bits per heavy atom. The third kappa shape index (κ3) is 4.59. The number of fused-ring (bicyclic) bond motifs is 1. The predicted molar refractivity (Wildman–Crippen MR) is 130 cm³/mol. The summed E-state index contributed by atoms with van der Waals surface area (Å²) in [4.78, 5) is 28.8. The van der Waals surface area contributed by atoms with Gasteiger partial charge in [-0.1, -0.05) is 11.3 Å². The van der Waals surface area contributed by atoms with Gasteiger partial charge in [0.25, 0.3) is 5.91 Å². The van der Waals surface area contributed by atoms with E-state index in [4.69, 9.17) is 4.42 Å². The molecule has 1 aliphatic heterocycles. The minimum atomic E-state index is -0.194. The summed E-state index contributed by atoms with van der Waals surface area (Å²) in [5.41, 5.74) is 4.46. The number of aryl methyl sites for hydroxylation is 2. The number of aromatic nitrogens is 5. The number of carbonyl (C=O) groups is 2. The molecule has 1 aliphatic rings. The van der Waals surface area contributed by atoms with Gasteiger partial charge >= 0.3 is 0 Å². The van der Waals surface area contributed by atoms with Crippen LogP contribution in [0.15, 0.2) is 53.5 Å². The summed E-state index contributed by atoms with van der Waals surface area (Å²) in [5, 5.41) is 12.9. The Hall–Kier alpha value is -4.21. The molecule has 35 heavy (non-hydrogen) atoms. The van der Waals surface area contributed by atoms with E-state index < -0.39 is 0 Å². The summed E-state index contributed by atoms with van der Waals surface area (Å²) < 4.78 is 9.43. The van der Waals surface area contributed by atoms with Crippen molar-refractivity contribution in [3.05, 3.63) is 60.4 Å². The third-order valence-electron chi connectivity index (χ3n) is 6.15. The SMILES string of the molecule is CN(C)C(=O)c1cc2cc(C3=CCCN(C(=O)CCn4ccnn4)C3)cc(-c3cnn(C)c3)c2o1. The van der Waals surface area contributed by atoms with Crippen LogP contribution in [-0.2, 0) is 18.4 Å². The van der Waals surface area contributed by atoms with Crippen molar-refractivity contribution < 1.29 is 14.0 Å². The van der Waals surface area contributed by atoms with E-state index in [1.54, 1.807) is 48.1 Å². The van der Waals surface area contributed by atoms with E-state index in [9.17, 15) is 9.59 Å². The maximum atomic E-state index is 12.9. The van der Waals surface area contributed by atoms with Crippen LogP contribution in [0.25, 0.3) is 27.7 Å². The first-order valence-corrected chi connectivity index (χ1v) is 11.5. The fourth-order valence-electron chi connectivity index (χ4n) is 4.33. The monoisotopic (exact) mass is 473 g/mol. The minimum Gasteiger partial charge on any atom is -0.450 e. The molecular formula is C25H27N7O3. The largest absolute Gasteiger partial charge is 0.450 e. The van der Waals surface area contributed by atoms with Gasteiger partial charge in [-0.05, 0) is 35.8 Å². The van der Waals surface area contributed by atoms with Crippen molar-refractivity contribution in [1.82, 2.24) is 34.6 Å². The normalized spacial score (nSPS) is 13.8. The second-order valence-corrected chi connectivity index (χ2v) is 8.90. The van der Waals surface area contributed by atoms with Gasteiger partial charge < -0.3 is 14.2 Å². The van der Waals surface area contributed by atoms with Gasteiger partial charge in [-0.25, -0.2) is 0 Å². The Morgan fingerprint density at radius 1 is 1.17 bits per heavy atom. The summed E-state index contributed by atoms with van der Waals surface area (Å²) in [6.45, 7) is 1.71. The van der Waals surface area contributed by atoms with Gasteiger partial charge in [-0.2, -0.15) is 5.10 Å². The Balaban J connectivity index is 1.46. The number of furan rings is 1. The molecule has 0 saturated carbocycles. The molecule has 0 saturated heterocycles. The molecule has 5 rings (SSSR count). The summed E-state index contributed by atoms with van der Waals surface area (Å²) in [6.07, 6.45) is 10.4. The molecule has 3 aromatic heterocycles. The van der Waals surface area contributed by atoms with Gasteiger partial charge in [0.15, 0.2) is 5.76 Å². The minimum absolute atomic E-state index is 0.0850. The van der Waals surface area contributed by atoms with Crippen molar-refractivity contribution >= 4 is 28.4 Å². The van der Waals surface area contributed by atoms with Crippen LogP contribution in [0.4, 0.5) is 0 Å². The molecule has 4 heterocycles. The molecule has 0 unspecified atom stereocenters. The lowest BCUT2D eigenvalue weighted by Gasteiger charge is -2.28. The Morgan fingerprint density at radius 3 is 2.74 bits per heavy atom. The number of nitrogens with zero attached hydrogens (tertiary/aromatic N) is 7. The Bertz CT molecular complexity index is 1410. The number of carbonyl (C=O) groups excluding carboxylic acids is 2. The van der Waals surface area contributed by atoms with Gasteiger partial charge in [0.2, 0.25) is 5.91 Å². The molecule has 0 atom stereocenters. The number of amides is 2. The van der Waals surface area contributed by atoms with E-state index in [1.807, 2.05) is 24.2 Å². The number of hydrogen-bond acceptors (Lipinski definition) is 6. The van der Waals surface area contributed by atoms with Crippen molar-refractivity contribution in [3.63, 3.8) is 0 Å². The van der Waals surface area contributed by atoms with Crippen LogP contribution in [0.1, 0.15) is 29.0 Å². The molecular weight excluding hydrogens is 446 g/mol. The average molecular weight is 474 g/mol. The molecule has 180 valence electrons. The highest BCUT2D eigenvalue weighted by molar-refractivity contribution is 6.01. The first-order valence-electron chi connectivity index (χ1n) is 11.5. The fraction of sp³-hybridized carbons (Fsp3) is 0.320. The zero-order chi connectivity index (χ0) is 24.5. The molecule has 1 aromatic carbocycles. The first-order chi connectivity index (χ1) is 16.9. The zero-order valence-corrected chi connectivity index (χ0v) is 20.0. The van der Waals surface area contributed by atoms with Crippen molar-refractivity contribution in [1.29, 1.82) is 0 Å². The Kier molecular flexibility index (Phi) is 5.94. The summed E-state index contributed by atoms with van der Waals surface area (Å²) in [5.74, 6) is 0.178. The van der Waals surface area contributed by atoms with Crippen LogP contribution in [0, 0.1) is 0 Å². The van der Waals surface area contributed by atoms with Crippen molar-refractivity contribution in [2.75, 3.05) is 27.2 Å². The zero-order valence-electron chi connectivity index (χ0n) is 20.0. The van der Waals surface area contributed by atoms with Crippen LogP contribution in [-0.4, -0.2) is 73.6 Å². The third-order valence-corrected chi connectivity index (χ3v) is 6.15. The maximum Gasteiger partial charge on any atom is 0.289 e. The molecule has 10 nitrogen and oxygen atoms in total. The van der Waals surface area contributed by atoms with E-state index >= 15 is 0 Å². The van der Waals surface area contributed by atoms with E-state index in [0.717, 1.165) is 34.1 Å². The highest BCUT2D eigenvalue weighted by Gasteiger charge is 2.22. The summed E-state index contributed by atoms with van der Waals surface area (Å²) in [7, 11) is 5.26. The van der Waals surface area contributed by atoms with Crippen LogP contribution in [0.5, 0.6) is 0 Å². The van der Waals surface area contributed by atoms with Crippen molar-refractivity contribution in [3.8, 4) is 11.1 Å². The highest BCUT2D eigenvalue weighted by Crippen LogP contribution is 2.35. The highest BCUT2D eigenvalue weighted by atomic mass is 16.3. The fourth-order valence-corrected chi connectivity index (χ4v) is 4.33. The molecule has 2 amide bonds. The quantitative estimate of drug-likeness (QED) is 0.427. The summed E-state index contributed by atoms with van der Waals surface area (Å²) in [6, 6.07) is 5.87. The van der Waals surface area contributed by atoms with E-state index in [0.29, 0.717) is 31.6 Å². The lowest BCUT2D eigenvalue weighted by Crippen LogP contribution is -2.35. The lowest BCUT2D eigenvalue weighted by molar-refractivity contribution is -0.131. The van der Waals surface area contributed by atoms with E-state index in [-0.39, 0.29) is 17.6 Å². The van der Waals surface area contributed by atoms with Crippen LogP contribution < -0.4 is 0 Å². The molecule has 0 spiro atoms. The molecule has 10 heteroatoms. The molecule has 4 aromatic rings. The van der Waals surface area contributed by atoms with E-state index in [2.05, 4.69) is 27.6 Å². The van der Waals surface area contributed by atoms with Gasteiger partial charge in [-0.15, -0.1) is 5.10 Å². The van der Waals surface area contributed by atoms with Gasteiger partial charge in [0.05, 0.1) is 18.9 Å². The molecule has 0 bridgehead atoms. The Labute approximate surface area is 202 Å². The lowest BCUT2D eigenvalue weighted by atomic mass is 9.95. The van der Waals surface area contributed by atoms with Crippen LogP contribution in [0.3, 0.4) is 0 Å². The molecule has 0 N–H and O–H groups in total. The van der Waals surface area contributed by atoms with Crippen LogP contribution >= 0.6 is 0 Å². The second-order valence-electron chi connectivity index (χ2n) is 8.90. The average Bonchev–Trinajstić information content (AvgIpc) is 3.62. The number of hydrogen-bond donors (Lipinski definition) is 0. The second kappa shape index (κ2) is 9.21. The van der Waals surface area contributed by atoms with Crippen molar-refractivity contribution in [2.24, 2.45) is 7.05 Å². The maximum absolute atomic E-state index is 12.9. The van der Waals surface area contributed by atoms with Gasteiger partial charge in [0, 0.05) is 69.6 Å². The standard InChI is InChI=1S/C25H27N7O3/c1-29(2)25(34)22-13-19-11-18(12-21(24(19)35-22)20-14-27-30(3)15-20)17-5-4-8-31(16-17)23(33)6-9-32-10-7-26-28-32/h5,7,10-15H,4,6,8-9,16H2,1-3H3. The smallest absolute Gasteiger partial charge is 0.289 e. The number of rotatable bonds is 6. The molecule has 0 fully saturated rings. The molecule has 0 radical (unpaired) electrons. The first kappa shape index (κ1) is 22.6. The van der Waals surface area contributed by atoms with E-state index in [1.165, 1.54) is 4.90 Å². The predicted octanol–water partition coefficient (Wildman–Crippen LogP) is 2.83. The number of benzene rings is 1. The topological polar surface area (TPSA) is 102 Å². The van der Waals surface area contributed by atoms with Crippen LogP contribution in [0.2, 0.25) is 0 Å². The summed E-state index contributed by atoms with van der Waals surface area (Å²) >= 11 is 0. The van der Waals surface area contributed by atoms with Gasteiger partial charge in [-0.3, -0.25) is 19.0 Å².